The van der Waals surface area contributed by atoms with Crippen molar-refractivity contribution in [2.24, 2.45) is 0 Å². The molecule has 41 heavy (non-hydrogen) atoms. The van der Waals surface area contributed by atoms with Crippen molar-refractivity contribution in [2.45, 2.75) is 18.8 Å². The van der Waals surface area contributed by atoms with Crippen LogP contribution < -0.4 is 0 Å². The van der Waals surface area contributed by atoms with Crippen LogP contribution >= 0.6 is 0 Å². The molecular weight excluding hydrogens is 502 g/mol. The number of imidazole rings is 1. The number of rotatable bonds is 2. The molecule has 1 atom stereocenters. The second-order valence-electron chi connectivity index (χ2n) is 10.9. The predicted octanol–water partition coefficient (Wildman–Crippen LogP) is 8.55. The van der Waals surface area contributed by atoms with Gasteiger partial charge >= 0.3 is 0 Å². The van der Waals surface area contributed by atoms with Gasteiger partial charge in [0.25, 0.3) is 0 Å². The minimum atomic E-state index is -0.519. The van der Waals surface area contributed by atoms with Crippen molar-refractivity contribution in [3.63, 3.8) is 0 Å². The van der Waals surface area contributed by atoms with Crippen molar-refractivity contribution in [3.8, 4) is 34.0 Å². The number of hydrogen-bond donors (Lipinski definition) is 0. The van der Waals surface area contributed by atoms with Crippen molar-refractivity contribution >= 4 is 22.0 Å². The zero-order valence-corrected chi connectivity index (χ0v) is 22.3. The number of nitriles is 1. The molecule has 0 radical (unpaired) electrons. The van der Waals surface area contributed by atoms with Crippen LogP contribution in [-0.4, -0.2) is 9.55 Å². The van der Waals surface area contributed by atoms with Gasteiger partial charge in [-0.1, -0.05) is 79.7 Å². The second kappa shape index (κ2) is 7.84. The smallest absolute Gasteiger partial charge is 0.135 e. The van der Waals surface area contributed by atoms with Gasteiger partial charge in [0.1, 0.15) is 23.7 Å². The predicted molar refractivity (Wildman–Crippen MR) is 161 cm³/mol. The molecule has 4 heteroatoms. The summed E-state index contributed by atoms with van der Waals surface area (Å²) in [6.45, 7) is 2.16. The molecule has 2 heterocycles. The Morgan fingerprint density at radius 1 is 0.780 bits per heavy atom. The van der Waals surface area contributed by atoms with Crippen LogP contribution in [-0.2, 0) is 11.8 Å². The van der Waals surface area contributed by atoms with Crippen LogP contribution in [0.5, 0.6) is 0 Å². The summed E-state index contributed by atoms with van der Waals surface area (Å²) in [6, 6.07) is 39.3. The molecule has 2 aromatic heterocycles. The second-order valence-corrected chi connectivity index (χ2v) is 10.9. The average molecular weight is 526 g/mol. The summed E-state index contributed by atoms with van der Waals surface area (Å²) in [7, 11) is 0. The highest BCUT2D eigenvalue weighted by Gasteiger charge is 2.52. The quantitative estimate of drug-likeness (QED) is 0.227. The Hall–Kier alpha value is -5.40. The van der Waals surface area contributed by atoms with E-state index in [2.05, 4.69) is 109 Å². The average Bonchev–Trinajstić information content (AvgIpc) is 3.76. The highest BCUT2D eigenvalue weighted by atomic mass is 16.3. The zero-order valence-electron chi connectivity index (χ0n) is 22.3. The third-order valence-electron chi connectivity index (χ3n) is 9.10. The standard InChI is InChI=1S/C37H23N3O/c1-2-34-39-31-13-7-8-14-32(31)40(34)23-15-16-25-24-9-3-5-11-27(24)37(30(25)19-23)28-12-6-4-10-26(28)36-29(37)17-18-33-35(36)22(20-38)21-41-33/h3-19,21H,2H2,1H3. The summed E-state index contributed by atoms with van der Waals surface area (Å²) in [5, 5.41) is 10.9. The van der Waals surface area contributed by atoms with Crippen LogP contribution in [0.4, 0.5) is 0 Å². The van der Waals surface area contributed by atoms with E-state index in [1.807, 2.05) is 12.1 Å². The van der Waals surface area contributed by atoms with E-state index in [1.54, 1.807) is 6.26 Å². The first-order valence-electron chi connectivity index (χ1n) is 14.0. The molecule has 7 aromatic rings. The van der Waals surface area contributed by atoms with Crippen LogP contribution in [0.3, 0.4) is 0 Å². The van der Waals surface area contributed by atoms with E-state index in [9.17, 15) is 5.26 Å². The van der Waals surface area contributed by atoms with Crippen molar-refractivity contribution in [1.29, 1.82) is 5.26 Å². The molecule has 0 bridgehead atoms. The maximum absolute atomic E-state index is 10.0. The molecule has 0 saturated heterocycles. The van der Waals surface area contributed by atoms with E-state index >= 15 is 0 Å². The first-order chi connectivity index (χ1) is 20.3. The van der Waals surface area contributed by atoms with Gasteiger partial charge < -0.3 is 4.42 Å². The van der Waals surface area contributed by atoms with Crippen molar-refractivity contribution in [3.05, 3.63) is 143 Å². The fourth-order valence-corrected chi connectivity index (χ4v) is 7.57. The van der Waals surface area contributed by atoms with Crippen molar-refractivity contribution in [1.82, 2.24) is 9.55 Å². The van der Waals surface area contributed by atoms with Crippen LogP contribution in [0, 0.1) is 11.3 Å². The molecule has 5 aromatic carbocycles. The first kappa shape index (κ1) is 22.4. The summed E-state index contributed by atoms with van der Waals surface area (Å²) in [5.74, 6) is 1.04. The lowest BCUT2D eigenvalue weighted by molar-refractivity contribution is 0.614. The normalized spacial score (nSPS) is 16.1. The third-order valence-corrected chi connectivity index (χ3v) is 9.10. The number of aromatic nitrogens is 2. The lowest BCUT2D eigenvalue weighted by atomic mass is 9.70. The van der Waals surface area contributed by atoms with Gasteiger partial charge in [-0.15, -0.1) is 0 Å². The highest BCUT2D eigenvalue weighted by molar-refractivity contribution is 6.07. The Kier molecular flexibility index (Phi) is 4.29. The Morgan fingerprint density at radius 3 is 2.34 bits per heavy atom. The molecule has 0 N–H and O–H groups in total. The summed E-state index contributed by atoms with van der Waals surface area (Å²) < 4.78 is 8.18. The number of nitrogens with zero attached hydrogens (tertiary/aromatic N) is 3. The van der Waals surface area contributed by atoms with Crippen molar-refractivity contribution in [2.75, 3.05) is 0 Å². The maximum atomic E-state index is 10.0. The van der Waals surface area contributed by atoms with Gasteiger partial charge in [0.15, 0.2) is 0 Å². The minimum absolute atomic E-state index is 0.519. The molecule has 2 aliphatic rings. The van der Waals surface area contributed by atoms with Gasteiger partial charge in [-0.25, -0.2) is 4.98 Å². The third kappa shape index (κ3) is 2.61. The maximum Gasteiger partial charge on any atom is 0.135 e. The van der Waals surface area contributed by atoms with Gasteiger partial charge in [-0.3, -0.25) is 4.57 Å². The van der Waals surface area contributed by atoms with Gasteiger partial charge in [-0.05, 0) is 74.8 Å². The van der Waals surface area contributed by atoms with E-state index < -0.39 is 5.41 Å². The molecular formula is C37H23N3O. The molecule has 0 aliphatic heterocycles. The fourth-order valence-electron chi connectivity index (χ4n) is 7.57. The van der Waals surface area contributed by atoms with Gasteiger partial charge in [0, 0.05) is 17.5 Å². The lowest BCUT2D eigenvalue weighted by Gasteiger charge is -2.30. The molecule has 192 valence electrons. The zero-order chi connectivity index (χ0) is 27.3. The molecule has 9 rings (SSSR count). The number of fused-ring (bicyclic) bond motifs is 13. The molecule has 0 fully saturated rings. The van der Waals surface area contributed by atoms with Crippen LogP contribution in [0.25, 0.3) is 49.9 Å². The Morgan fingerprint density at radius 2 is 1.51 bits per heavy atom. The lowest BCUT2D eigenvalue weighted by Crippen LogP contribution is -2.26. The van der Waals surface area contributed by atoms with Gasteiger partial charge in [-0.2, -0.15) is 5.26 Å². The molecule has 1 unspecified atom stereocenters. The number of benzene rings is 5. The topological polar surface area (TPSA) is 54.8 Å². The number of furan rings is 1. The van der Waals surface area contributed by atoms with Crippen molar-refractivity contribution < 1.29 is 4.42 Å². The summed E-state index contributed by atoms with van der Waals surface area (Å²) in [6.07, 6.45) is 2.42. The Labute approximate surface area is 236 Å². The number of para-hydroxylation sites is 2. The summed E-state index contributed by atoms with van der Waals surface area (Å²) >= 11 is 0. The van der Waals surface area contributed by atoms with E-state index in [0.717, 1.165) is 51.1 Å². The fraction of sp³-hybridized carbons (Fsp3) is 0.0811. The molecule has 1 spiro atoms. The van der Waals surface area contributed by atoms with Gasteiger partial charge in [0.2, 0.25) is 0 Å². The molecule has 0 amide bonds. The van der Waals surface area contributed by atoms with Crippen LogP contribution in [0.1, 0.15) is 40.6 Å². The molecule has 2 aliphatic carbocycles. The van der Waals surface area contributed by atoms with E-state index in [1.165, 1.54) is 33.4 Å². The monoisotopic (exact) mass is 525 g/mol. The van der Waals surface area contributed by atoms with Crippen LogP contribution in [0.15, 0.2) is 114 Å². The summed E-state index contributed by atoms with van der Waals surface area (Å²) in [5.41, 5.74) is 13.7. The van der Waals surface area contributed by atoms with E-state index in [4.69, 9.17) is 9.40 Å². The largest absolute Gasteiger partial charge is 0.463 e. The minimum Gasteiger partial charge on any atom is -0.463 e. The number of hydrogen-bond acceptors (Lipinski definition) is 3. The first-order valence-corrected chi connectivity index (χ1v) is 14.0. The SMILES string of the molecule is CCc1nc2ccccc2n1-c1ccc2c(c1)C1(c3ccccc3-2)c2ccccc2-c2c1ccc1occ(C#N)c21. The molecule has 4 nitrogen and oxygen atoms in total. The number of aryl methyl sites for hydroxylation is 1. The van der Waals surface area contributed by atoms with E-state index in [-0.39, 0.29) is 0 Å². The highest BCUT2D eigenvalue weighted by Crippen LogP contribution is 2.64. The molecule has 0 saturated carbocycles. The Bertz CT molecular complexity index is 2280. The van der Waals surface area contributed by atoms with E-state index in [0.29, 0.717) is 5.56 Å². The summed E-state index contributed by atoms with van der Waals surface area (Å²) in [4.78, 5) is 4.97. The van der Waals surface area contributed by atoms with Gasteiger partial charge in [0.05, 0.1) is 22.0 Å². The van der Waals surface area contributed by atoms with Crippen LogP contribution in [0.2, 0.25) is 0 Å². The Balaban J connectivity index is 1.44.